The number of fused-ring (bicyclic) bond motifs is 1. The van der Waals surface area contributed by atoms with Gasteiger partial charge in [-0.15, -0.1) is 0 Å². The summed E-state index contributed by atoms with van der Waals surface area (Å²) in [6.45, 7) is 4.67. The van der Waals surface area contributed by atoms with Crippen molar-refractivity contribution in [3.05, 3.63) is 70.6 Å². The van der Waals surface area contributed by atoms with Crippen LogP contribution in [0.1, 0.15) is 5.56 Å². The zero-order chi connectivity index (χ0) is 18.6. The van der Waals surface area contributed by atoms with Crippen molar-refractivity contribution in [1.29, 1.82) is 0 Å². The van der Waals surface area contributed by atoms with E-state index >= 15 is 0 Å². The number of hydrogen-bond acceptors (Lipinski definition) is 5. The second-order valence-electron chi connectivity index (χ2n) is 6.96. The molecule has 0 unspecified atom stereocenters. The van der Waals surface area contributed by atoms with Gasteiger partial charge < -0.3 is 9.64 Å². The second-order valence-corrected chi connectivity index (χ2v) is 6.96. The van der Waals surface area contributed by atoms with Crippen molar-refractivity contribution in [3.8, 4) is 0 Å². The first-order valence-electron chi connectivity index (χ1n) is 9.26. The zero-order valence-electron chi connectivity index (χ0n) is 15.5. The molecule has 0 bridgehead atoms. The molecule has 1 aliphatic heterocycles. The highest BCUT2D eigenvalue weighted by molar-refractivity contribution is 5.80. The number of morpholine rings is 1. The summed E-state index contributed by atoms with van der Waals surface area (Å²) in [5.41, 5.74) is 2.39. The van der Waals surface area contributed by atoms with Crippen molar-refractivity contribution in [2.24, 2.45) is 0 Å². The normalized spacial score (nSPS) is 14.8. The van der Waals surface area contributed by atoms with Crippen LogP contribution in [0.5, 0.6) is 0 Å². The molecular weight excluding hydrogens is 340 g/mol. The lowest BCUT2D eigenvalue weighted by atomic mass is 10.2. The summed E-state index contributed by atoms with van der Waals surface area (Å²) in [4.78, 5) is 17.0. The van der Waals surface area contributed by atoms with Crippen molar-refractivity contribution in [1.82, 2.24) is 14.7 Å². The standard InChI is InChI=1S/C21H24N4O2/c1-23(16-25-21(26)20-5-3-2-4-18(20)14-22-25)15-17-6-8-19(9-7-17)24-10-12-27-13-11-24/h2-9,14H,10-13,15-16H2,1H3. The number of ether oxygens (including phenoxy) is 1. The van der Waals surface area contributed by atoms with Crippen molar-refractivity contribution in [2.75, 3.05) is 38.3 Å². The maximum Gasteiger partial charge on any atom is 0.275 e. The molecule has 1 aliphatic rings. The maximum absolute atomic E-state index is 12.6. The van der Waals surface area contributed by atoms with Gasteiger partial charge >= 0.3 is 0 Å². The minimum absolute atomic E-state index is 0.0531. The van der Waals surface area contributed by atoms with E-state index in [0.717, 1.165) is 38.2 Å². The van der Waals surface area contributed by atoms with Crippen LogP contribution in [0.2, 0.25) is 0 Å². The van der Waals surface area contributed by atoms with E-state index in [2.05, 4.69) is 39.2 Å². The van der Waals surface area contributed by atoms with Crippen molar-refractivity contribution in [2.45, 2.75) is 13.2 Å². The van der Waals surface area contributed by atoms with Crippen LogP contribution in [0.4, 0.5) is 5.69 Å². The average Bonchev–Trinajstić information content (AvgIpc) is 2.71. The second kappa shape index (κ2) is 7.90. The van der Waals surface area contributed by atoms with Gasteiger partial charge in [0.2, 0.25) is 0 Å². The minimum atomic E-state index is -0.0531. The van der Waals surface area contributed by atoms with Gasteiger partial charge in [-0.25, -0.2) is 4.68 Å². The fourth-order valence-electron chi connectivity index (χ4n) is 3.45. The maximum atomic E-state index is 12.6. The van der Waals surface area contributed by atoms with E-state index in [-0.39, 0.29) is 5.56 Å². The third kappa shape index (κ3) is 4.02. The summed E-state index contributed by atoms with van der Waals surface area (Å²) < 4.78 is 6.93. The average molecular weight is 364 g/mol. The smallest absolute Gasteiger partial charge is 0.275 e. The summed E-state index contributed by atoms with van der Waals surface area (Å²) in [6.07, 6.45) is 1.75. The molecule has 2 heterocycles. The number of aromatic nitrogens is 2. The Balaban J connectivity index is 1.42. The Morgan fingerprint density at radius 3 is 2.59 bits per heavy atom. The molecule has 6 nitrogen and oxygen atoms in total. The summed E-state index contributed by atoms with van der Waals surface area (Å²) in [7, 11) is 2.00. The van der Waals surface area contributed by atoms with E-state index < -0.39 is 0 Å². The third-order valence-corrected chi connectivity index (χ3v) is 4.90. The van der Waals surface area contributed by atoms with E-state index in [4.69, 9.17) is 4.74 Å². The van der Waals surface area contributed by atoms with Crippen LogP contribution in [-0.2, 0) is 18.0 Å². The summed E-state index contributed by atoms with van der Waals surface area (Å²) in [6, 6.07) is 16.2. The molecule has 0 aliphatic carbocycles. The van der Waals surface area contributed by atoms with E-state index in [1.807, 2.05) is 31.3 Å². The van der Waals surface area contributed by atoms with Gasteiger partial charge in [0.25, 0.3) is 5.56 Å². The Bertz CT molecular complexity index is 962. The number of anilines is 1. The molecule has 0 radical (unpaired) electrons. The molecule has 0 spiro atoms. The Morgan fingerprint density at radius 1 is 1.07 bits per heavy atom. The summed E-state index contributed by atoms with van der Waals surface area (Å²) in [5.74, 6) is 0. The van der Waals surface area contributed by atoms with Gasteiger partial charge in [0.1, 0.15) is 0 Å². The molecule has 27 heavy (non-hydrogen) atoms. The molecule has 2 aromatic carbocycles. The molecule has 1 aromatic heterocycles. The van der Waals surface area contributed by atoms with Crippen molar-refractivity contribution >= 4 is 16.5 Å². The molecule has 4 rings (SSSR count). The topological polar surface area (TPSA) is 50.6 Å². The van der Waals surface area contributed by atoms with E-state index in [1.54, 1.807) is 6.20 Å². The highest BCUT2D eigenvalue weighted by atomic mass is 16.5. The lowest BCUT2D eigenvalue weighted by Gasteiger charge is -2.29. The lowest BCUT2D eigenvalue weighted by molar-refractivity contribution is 0.122. The van der Waals surface area contributed by atoms with Gasteiger partial charge in [-0.1, -0.05) is 30.3 Å². The van der Waals surface area contributed by atoms with Crippen LogP contribution >= 0.6 is 0 Å². The highest BCUT2D eigenvalue weighted by Crippen LogP contribution is 2.17. The molecule has 6 heteroatoms. The van der Waals surface area contributed by atoms with Crippen LogP contribution in [0.3, 0.4) is 0 Å². The molecule has 140 valence electrons. The zero-order valence-corrected chi connectivity index (χ0v) is 15.5. The van der Waals surface area contributed by atoms with Gasteiger partial charge in [-0.3, -0.25) is 9.69 Å². The Labute approximate surface area is 158 Å². The number of rotatable bonds is 5. The first kappa shape index (κ1) is 17.7. The van der Waals surface area contributed by atoms with Crippen LogP contribution in [0, 0.1) is 0 Å². The van der Waals surface area contributed by atoms with Crippen LogP contribution in [0.15, 0.2) is 59.5 Å². The van der Waals surface area contributed by atoms with Gasteiger partial charge in [0.05, 0.1) is 31.5 Å². The predicted octanol–water partition coefficient (Wildman–Crippen LogP) is 2.32. The van der Waals surface area contributed by atoms with Gasteiger partial charge in [0, 0.05) is 30.7 Å². The Morgan fingerprint density at radius 2 is 1.81 bits per heavy atom. The van der Waals surface area contributed by atoms with Crippen molar-refractivity contribution < 1.29 is 4.74 Å². The fourth-order valence-corrected chi connectivity index (χ4v) is 3.45. The molecule has 0 N–H and O–H groups in total. The minimum Gasteiger partial charge on any atom is -0.378 e. The molecule has 0 atom stereocenters. The third-order valence-electron chi connectivity index (χ3n) is 4.90. The Kier molecular flexibility index (Phi) is 5.18. The van der Waals surface area contributed by atoms with Crippen LogP contribution in [-0.4, -0.2) is 48.0 Å². The van der Waals surface area contributed by atoms with Crippen LogP contribution < -0.4 is 10.5 Å². The van der Waals surface area contributed by atoms with Crippen molar-refractivity contribution in [3.63, 3.8) is 0 Å². The lowest BCUT2D eigenvalue weighted by Crippen LogP contribution is -2.36. The van der Waals surface area contributed by atoms with E-state index in [9.17, 15) is 4.79 Å². The molecule has 3 aromatic rings. The quantitative estimate of drug-likeness (QED) is 0.695. The molecule has 0 amide bonds. The first-order chi connectivity index (χ1) is 13.2. The van der Waals surface area contributed by atoms with Gasteiger partial charge in [-0.2, -0.15) is 5.10 Å². The number of hydrogen-bond donors (Lipinski definition) is 0. The van der Waals surface area contributed by atoms with E-state index in [1.165, 1.54) is 15.9 Å². The first-order valence-corrected chi connectivity index (χ1v) is 9.26. The number of nitrogens with zero attached hydrogens (tertiary/aromatic N) is 4. The molecule has 1 fully saturated rings. The van der Waals surface area contributed by atoms with Gasteiger partial charge in [0.15, 0.2) is 0 Å². The predicted molar refractivity (Wildman–Crippen MR) is 107 cm³/mol. The largest absolute Gasteiger partial charge is 0.378 e. The monoisotopic (exact) mass is 364 g/mol. The SMILES string of the molecule is CN(Cc1ccc(N2CCOCC2)cc1)Cn1ncc2ccccc2c1=O. The molecule has 0 saturated carbocycles. The summed E-state index contributed by atoms with van der Waals surface area (Å²) in [5, 5.41) is 5.89. The molecule has 1 saturated heterocycles. The Hall–Kier alpha value is -2.70. The van der Waals surface area contributed by atoms with Crippen LogP contribution in [0.25, 0.3) is 10.8 Å². The number of benzene rings is 2. The highest BCUT2D eigenvalue weighted by Gasteiger charge is 2.11. The summed E-state index contributed by atoms with van der Waals surface area (Å²) >= 11 is 0. The molecular formula is C21H24N4O2. The van der Waals surface area contributed by atoms with Gasteiger partial charge in [-0.05, 0) is 30.8 Å². The fraction of sp³-hybridized carbons (Fsp3) is 0.333. The van der Waals surface area contributed by atoms with E-state index in [0.29, 0.717) is 12.1 Å².